The predicted octanol–water partition coefficient (Wildman–Crippen LogP) is 13.3. The van der Waals surface area contributed by atoms with E-state index in [2.05, 4.69) is 115 Å². The molecule has 0 N–H and O–H groups in total. The Morgan fingerprint density at radius 3 is 1.46 bits per heavy atom. The van der Waals surface area contributed by atoms with E-state index in [0.29, 0.717) is 22.9 Å². The monoisotopic (exact) mass is 759 g/mol. The summed E-state index contributed by atoms with van der Waals surface area (Å²) in [7, 11) is 0. The van der Waals surface area contributed by atoms with Crippen molar-refractivity contribution in [3.05, 3.63) is 188 Å². The molecule has 2 aromatic heterocycles. The zero-order valence-electron chi connectivity index (χ0n) is 32.7. The van der Waals surface area contributed by atoms with Gasteiger partial charge in [-0.3, -0.25) is 0 Å². The summed E-state index contributed by atoms with van der Waals surface area (Å²) < 4.78 is 0. The van der Waals surface area contributed by atoms with Gasteiger partial charge in [0.1, 0.15) is 0 Å². The molecule has 0 amide bonds. The summed E-state index contributed by atoms with van der Waals surface area (Å²) in [6, 6.07) is 63.7. The summed E-state index contributed by atoms with van der Waals surface area (Å²) in [4.78, 5) is 25.6. The van der Waals surface area contributed by atoms with Crippen LogP contribution in [0.3, 0.4) is 0 Å². The summed E-state index contributed by atoms with van der Waals surface area (Å²) in [5.41, 5.74) is 11.8. The molecule has 0 aliphatic heterocycles. The van der Waals surface area contributed by atoms with Gasteiger partial charge in [-0.2, -0.15) is 0 Å². The minimum absolute atomic E-state index is 0.317. The number of hydrogen-bond donors (Lipinski definition) is 0. The molecular formula is C54H41N5. The van der Waals surface area contributed by atoms with Crippen molar-refractivity contribution in [2.75, 3.05) is 0 Å². The molecule has 2 aliphatic rings. The molecule has 0 radical (unpaired) electrons. The van der Waals surface area contributed by atoms with Crippen LogP contribution < -0.4 is 0 Å². The lowest BCUT2D eigenvalue weighted by Crippen LogP contribution is -2.19. The molecule has 59 heavy (non-hydrogen) atoms. The molecular weight excluding hydrogens is 719 g/mol. The number of nitrogens with zero attached hydrogens (tertiary/aromatic N) is 5. The largest absolute Gasteiger partial charge is 0.228 e. The van der Waals surface area contributed by atoms with Crippen LogP contribution in [0.1, 0.15) is 37.7 Å². The molecule has 2 heterocycles. The molecule has 2 saturated carbocycles. The molecule has 0 saturated heterocycles. The molecule has 0 spiro atoms. The average Bonchev–Trinajstić information content (AvgIpc) is 3.95. The number of rotatable bonds is 8. The van der Waals surface area contributed by atoms with Gasteiger partial charge in [-0.05, 0) is 101 Å². The summed E-state index contributed by atoms with van der Waals surface area (Å²) in [6.07, 6.45) is 6.62. The van der Waals surface area contributed by atoms with Gasteiger partial charge in [-0.15, -0.1) is 0 Å². The van der Waals surface area contributed by atoms with E-state index in [-0.39, 0.29) is 0 Å². The molecule has 0 atom stereocenters. The molecule has 7 aromatic carbocycles. The van der Waals surface area contributed by atoms with E-state index in [4.69, 9.17) is 24.9 Å². The Morgan fingerprint density at radius 2 is 0.864 bits per heavy atom. The summed E-state index contributed by atoms with van der Waals surface area (Å²) in [5.74, 6) is 3.51. The van der Waals surface area contributed by atoms with E-state index in [1.165, 1.54) is 37.7 Å². The summed E-state index contributed by atoms with van der Waals surface area (Å²) in [5, 5.41) is 2.26. The maximum Gasteiger partial charge on any atom is 0.164 e. The number of aromatic nitrogens is 5. The van der Waals surface area contributed by atoms with Gasteiger partial charge in [-0.1, -0.05) is 152 Å². The highest BCUT2D eigenvalue weighted by molar-refractivity contribution is 6.00. The second-order valence-electron chi connectivity index (χ2n) is 16.2. The number of benzene rings is 7. The topological polar surface area (TPSA) is 64.5 Å². The van der Waals surface area contributed by atoms with Crippen LogP contribution in [0, 0.1) is 5.92 Å². The first-order valence-electron chi connectivity index (χ1n) is 20.7. The van der Waals surface area contributed by atoms with Crippen molar-refractivity contribution in [1.82, 2.24) is 24.9 Å². The van der Waals surface area contributed by atoms with Gasteiger partial charge in [0, 0.05) is 33.4 Å². The van der Waals surface area contributed by atoms with E-state index >= 15 is 0 Å². The van der Waals surface area contributed by atoms with E-state index < -0.39 is 0 Å². The predicted molar refractivity (Wildman–Crippen MR) is 239 cm³/mol. The third-order valence-electron chi connectivity index (χ3n) is 12.6. The van der Waals surface area contributed by atoms with Crippen molar-refractivity contribution in [3.8, 4) is 79.2 Å². The molecule has 2 bridgehead atoms. The smallest absolute Gasteiger partial charge is 0.164 e. The fourth-order valence-electron chi connectivity index (χ4n) is 9.53. The molecule has 11 rings (SSSR count). The van der Waals surface area contributed by atoms with Crippen LogP contribution in [0.2, 0.25) is 0 Å². The summed E-state index contributed by atoms with van der Waals surface area (Å²) in [6.45, 7) is 0. The zero-order chi connectivity index (χ0) is 39.2. The minimum atomic E-state index is 0.317. The Balaban J connectivity index is 1.04. The van der Waals surface area contributed by atoms with E-state index in [1.807, 2.05) is 66.7 Å². The van der Waals surface area contributed by atoms with Gasteiger partial charge in [0.2, 0.25) is 0 Å². The van der Waals surface area contributed by atoms with Gasteiger partial charge < -0.3 is 0 Å². The first-order valence-corrected chi connectivity index (χ1v) is 20.7. The highest BCUT2D eigenvalue weighted by Gasteiger charge is 2.45. The average molecular weight is 760 g/mol. The van der Waals surface area contributed by atoms with Gasteiger partial charge in [0.15, 0.2) is 23.3 Å². The lowest BCUT2D eigenvalue weighted by molar-refractivity contribution is 0.419. The Morgan fingerprint density at radius 1 is 0.373 bits per heavy atom. The van der Waals surface area contributed by atoms with Gasteiger partial charge in [0.05, 0.1) is 11.4 Å². The maximum absolute atomic E-state index is 5.24. The number of hydrogen-bond acceptors (Lipinski definition) is 5. The highest BCUT2D eigenvalue weighted by Crippen LogP contribution is 2.55. The van der Waals surface area contributed by atoms with Gasteiger partial charge in [-0.25, -0.2) is 24.9 Å². The SMILES string of the molecule is c1ccc(-c2nc(-c3cccc(-c4cc(-c5nc(-c6ccccc6)nc(-c6ccccc6)n5)cc5ccccc45)c3)cc(-c3cccc(C45CCC(CC4)C5)c3)n2)cc1. The van der Waals surface area contributed by atoms with Gasteiger partial charge in [0.25, 0.3) is 0 Å². The highest BCUT2D eigenvalue weighted by atomic mass is 15.0. The normalized spacial score (nSPS) is 17.1. The maximum atomic E-state index is 5.24. The lowest BCUT2D eigenvalue weighted by Gasteiger charge is -2.27. The first-order chi connectivity index (χ1) is 29.1. The minimum Gasteiger partial charge on any atom is -0.228 e. The van der Waals surface area contributed by atoms with Crippen LogP contribution in [-0.4, -0.2) is 24.9 Å². The quantitative estimate of drug-likeness (QED) is 0.154. The molecule has 282 valence electrons. The van der Waals surface area contributed by atoms with Crippen molar-refractivity contribution in [2.45, 2.75) is 37.5 Å². The molecule has 2 aliphatic carbocycles. The standard InChI is InChI=1S/C54H41N5/c1-4-14-37(15-5-1)50-55-48(34-49(56-50)43-23-13-24-45(32-43)54-28-26-36(35-54)27-29-54)42-22-12-21-41(30-42)47-33-44(31-40-20-10-11-25-46(40)47)53-58-51(38-16-6-2-7-17-38)57-52(59-53)39-18-8-3-9-19-39/h1-25,30-34,36H,26-29,35H2. The van der Waals surface area contributed by atoms with E-state index in [0.717, 1.165) is 78.4 Å². The van der Waals surface area contributed by atoms with Crippen LogP contribution in [0.25, 0.3) is 90.0 Å². The zero-order valence-corrected chi connectivity index (χ0v) is 32.7. The van der Waals surface area contributed by atoms with Gasteiger partial charge >= 0.3 is 0 Å². The van der Waals surface area contributed by atoms with Crippen molar-refractivity contribution in [1.29, 1.82) is 0 Å². The van der Waals surface area contributed by atoms with Crippen molar-refractivity contribution in [2.24, 2.45) is 5.92 Å². The van der Waals surface area contributed by atoms with Crippen LogP contribution in [0.4, 0.5) is 0 Å². The van der Waals surface area contributed by atoms with E-state index in [9.17, 15) is 0 Å². The molecule has 9 aromatic rings. The lowest BCUT2D eigenvalue weighted by atomic mass is 9.77. The van der Waals surface area contributed by atoms with Crippen LogP contribution in [0.5, 0.6) is 0 Å². The first kappa shape index (κ1) is 35.1. The number of fused-ring (bicyclic) bond motifs is 3. The van der Waals surface area contributed by atoms with Crippen molar-refractivity contribution >= 4 is 10.8 Å². The third kappa shape index (κ3) is 6.69. The molecule has 5 nitrogen and oxygen atoms in total. The second-order valence-corrected chi connectivity index (χ2v) is 16.2. The molecule has 5 heteroatoms. The van der Waals surface area contributed by atoms with Crippen LogP contribution >= 0.6 is 0 Å². The Hall–Kier alpha value is -7.11. The fraction of sp³-hybridized carbons (Fsp3) is 0.130. The Bertz CT molecular complexity index is 2910. The Kier molecular flexibility index (Phi) is 8.73. The summed E-state index contributed by atoms with van der Waals surface area (Å²) >= 11 is 0. The molecule has 0 unspecified atom stereocenters. The van der Waals surface area contributed by atoms with E-state index in [1.54, 1.807) is 0 Å². The van der Waals surface area contributed by atoms with Crippen LogP contribution in [0.15, 0.2) is 182 Å². The van der Waals surface area contributed by atoms with Crippen LogP contribution in [-0.2, 0) is 5.41 Å². The van der Waals surface area contributed by atoms with Crippen molar-refractivity contribution in [3.63, 3.8) is 0 Å². The second kappa shape index (κ2) is 14.7. The molecule has 2 fully saturated rings. The Labute approximate surface area is 344 Å². The third-order valence-corrected chi connectivity index (χ3v) is 12.6. The van der Waals surface area contributed by atoms with Crippen molar-refractivity contribution < 1.29 is 0 Å². The fourth-order valence-corrected chi connectivity index (χ4v) is 9.53.